The van der Waals surface area contributed by atoms with Crippen molar-refractivity contribution >= 4 is 5.91 Å². The largest absolute Gasteiger partial charge is 0.392 e. The average Bonchev–Trinajstić information content (AvgIpc) is 2.50. The lowest BCUT2D eigenvalue weighted by Gasteiger charge is -2.26. The van der Waals surface area contributed by atoms with Gasteiger partial charge < -0.3 is 10.4 Å². The number of hydrogen-bond donors (Lipinski definition) is 2. The fourth-order valence-electron chi connectivity index (χ4n) is 1.66. The molecule has 0 radical (unpaired) electrons. The van der Waals surface area contributed by atoms with E-state index in [9.17, 15) is 9.90 Å². The van der Waals surface area contributed by atoms with Crippen LogP contribution < -0.4 is 5.32 Å². The van der Waals surface area contributed by atoms with Crippen molar-refractivity contribution in [2.45, 2.75) is 45.3 Å². The van der Waals surface area contributed by atoms with Gasteiger partial charge in [0.25, 0.3) is 0 Å². The van der Waals surface area contributed by atoms with E-state index < -0.39 is 0 Å². The van der Waals surface area contributed by atoms with Crippen molar-refractivity contribution in [1.82, 2.24) is 10.2 Å². The fourth-order valence-corrected chi connectivity index (χ4v) is 1.66. The fraction of sp³-hybridized carbons (Fsp3) is 0.909. The highest BCUT2D eigenvalue weighted by Gasteiger charge is 2.24. The maximum Gasteiger partial charge on any atom is 0.234 e. The number of amides is 1. The molecule has 2 N–H and O–H groups in total. The highest BCUT2D eigenvalue weighted by atomic mass is 16.3. The summed E-state index contributed by atoms with van der Waals surface area (Å²) in [4.78, 5) is 13.6. The predicted molar refractivity (Wildman–Crippen MR) is 59.6 cm³/mol. The molecule has 88 valence electrons. The van der Waals surface area contributed by atoms with Crippen LogP contribution in [0.25, 0.3) is 0 Å². The quantitative estimate of drug-likeness (QED) is 0.710. The molecular weight excluding hydrogens is 192 g/mol. The molecular formula is C11H22N2O2. The van der Waals surface area contributed by atoms with Crippen LogP contribution in [0.1, 0.15) is 33.6 Å². The Morgan fingerprint density at radius 2 is 2.27 bits per heavy atom. The van der Waals surface area contributed by atoms with Crippen molar-refractivity contribution in [2.75, 3.05) is 19.6 Å². The second-order valence-corrected chi connectivity index (χ2v) is 4.96. The zero-order chi connectivity index (χ0) is 11.5. The Morgan fingerprint density at radius 3 is 2.73 bits per heavy atom. The third kappa shape index (κ3) is 4.18. The molecule has 0 aromatic carbocycles. The Labute approximate surface area is 91.6 Å². The van der Waals surface area contributed by atoms with Crippen LogP contribution in [0.3, 0.4) is 0 Å². The minimum absolute atomic E-state index is 0.0518. The standard InChI is InChI=1S/C11H22N2O2/c1-4-11(2,3)12-10(15)8-13-6-5-9(14)7-13/h9,14H,4-8H2,1-3H3,(H,12,15). The van der Waals surface area contributed by atoms with Gasteiger partial charge in [0.05, 0.1) is 12.6 Å². The van der Waals surface area contributed by atoms with E-state index in [0.29, 0.717) is 13.1 Å². The molecule has 1 heterocycles. The summed E-state index contributed by atoms with van der Waals surface area (Å²) in [6.45, 7) is 7.94. The molecule has 15 heavy (non-hydrogen) atoms. The first-order valence-corrected chi connectivity index (χ1v) is 5.64. The number of hydrogen-bond acceptors (Lipinski definition) is 3. The minimum atomic E-state index is -0.253. The summed E-state index contributed by atoms with van der Waals surface area (Å²) in [6.07, 6.45) is 1.45. The Morgan fingerprint density at radius 1 is 1.60 bits per heavy atom. The van der Waals surface area contributed by atoms with Crippen molar-refractivity contribution in [2.24, 2.45) is 0 Å². The number of nitrogens with zero attached hydrogens (tertiary/aromatic N) is 1. The highest BCUT2D eigenvalue weighted by Crippen LogP contribution is 2.09. The van der Waals surface area contributed by atoms with Gasteiger partial charge in [0.15, 0.2) is 0 Å². The Bertz CT molecular complexity index is 229. The van der Waals surface area contributed by atoms with E-state index in [-0.39, 0.29) is 17.6 Å². The van der Waals surface area contributed by atoms with E-state index in [1.807, 2.05) is 18.7 Å². The van der Waals surface area contributed by atoms with E-state index in [4.69, 9.17) is 0 Å². The monoisotopic (exact) mass is 214 g/mol. The summed E-state index contributed by atoms with van der Waals surface area (Å²) in [7, 11) is 0. The van der Waals surface area contributed by atoms with Gasteiger partial charge in [0.1, 0.15) is 0 Å². The van der Waals surface area contributed by atoms with Gasteiger partial charge in [-0.25, -0.2) is 0 Å². The van der Waals surface area contributed by atoms with Gasteiger partial charge in [-0.15, -0.1) is 0 Å². The molecule has 1 atom stereocenters. The molecule has 1 rings (SSSR count). The number of likely N-dealkylation sites (tertiary alicyclic amines) is 1. The van der Waals surface area contributed by atoms with E-state index in [1.165, 1.54) is 0 Å². The van der Waals surface area contributed by atoms with Gasteiger partial charge in [-0.05, 0) is 26.7 Å². The number of carbonyl (C=O) groups is 1. The van der Waals surface area contributed by atoms with Gasteiger partial charge in [0, 0.05) is 18.6 Å². The zero-order valence-electron chi connectivity index (χ0n) is 9.92. The maximum atomic E-state index is 11.6. The first-order chi connectivity index (χ1) is 6.93. The molecule has 1 amide bonds. The SMILES string of the molecule is CCC(C)(C)NC(=O)CN1CCC(O)C1. The molecule has 1 saturated heterocycles. The van der Waals surface area contributed by atoms with Gasteiger partial charge in [0.2, 0.25) is 5.91 Å². The molecule has 1 aliphatic rings. The minimum Gasteiger partial charge on any atom is -0.392 e. The summed E-state index contributed by atoms with van der Waals surface area (Å²) in [5.41, 5.74) is -0.130. The first kappa shape index (κ1) is 12.5. The second kappa shape index (κ2) is 4.94. The number of rotatable bonds is 4. The third-order valence-corrected chi connectivity index (χ3v) is 2.98. The number of β-amino-alcohol motifs (C(OH)–C–C–N with tert-alkyl or cyclic N) is 1. The third-order valence-electron chi connectivity index (χ3n) is 2.98. The normalized spacial score (nSPS) is 23.1. The molecule has 1 fully saturated rings. The first-order valence-electron chi connectivity index (χ1n) is 5.64. The van der Waals surface area contributed by atoms with E-state index in [1.54, 1.807) is 0 Å². The molecule has 1 unspecified atom stereocenters. The van der Waals surface area contributed by atoms with E-state index in [2.05, 4.69) is 12.2 Å². The number of aliphatic hydroxyl groups excluding tert-OH is 1. The van der Waals surface area contributed by atoms with Crippen LogP contribution in [0.15, 0.2) is 0 Å². The van der Waals surface area contributed by atoms with Gasteiger partial charge >= 0.3 is 0 Å². The van der Waals surface area contributed by atoms with Crippen LogP contribution in [-0.4, -0.2) is 47.2 Å². The lowest BCUT2D eigenvalue weighted by molar-refractivity contribution is -0.123. The molecule has 0 bridgehead atoms. The Hall–Kier alpha value is -0.610. The average molecular weight is 214 g/mol. The summed E-state index contributed by atoms with van der Waals surface area (Å²) < 4.78 is 0. The van der Waals surface area contributed by atoms with Crippen LogP contribution >= 0.6 is 0 Å². The smallest absolute Gasteiger partial charge is 0.234 e. The Balaban J connectivity index is 2.30. The summed E-state index contributed by atoms with van der Waals surface area (Å²) in [6, 6.07) is 0. The van der Waals surface area contributed by atoms with Gasteiger partial charge in [-0.3, -0.25) is 9.69 Å². The van der Waals surface area contributed by atoms with E-state index >= 15 is 0 Å². The number of carbonyl (C=O) groups excluding carboxylic acids is 1. The molecule has 4 heteroatoms. The summed E-state index contributed by atoms with van der Waals surface area (Å²) >= 11 is 0. The van der Waals surface area contributed by atoms with Crippen molar-refractivity contribution in [3.8, 4) is 0 Å². The van der Waals surface area contributed by atoms with Crippen LogP contribution in [0.5, 0.6) is 0 Å². The van der Waals surface area contributed by atoms with Crippen LogP contribution in [0.4, 0.5) is 0 Å². The summed E-state index contributed by atoms with van der Waals surface area (Å²) in [5, 5.41) is 12.3. The second-order valence-electron chi connectivity index (χ2n) is 4.96. The van der Waals surface area contributed by atoms with Gasteiger partial charge in [-0.1, -0.05) is 6.92 Å². The molecule has 0 aromatic rings. The molecule has 0 aromatic heterocycles. The van der Waals surface area contributed by atoms with Crippen LogP contribution in [0.2, 0.25) is 0 Å². The van der Waals surface area contributed by atoms with Crippen molar-refractivity contribution in [1.29, 1.82) is 0 Å². The Kier molecular flexibility index (Phi) is 4.11. The predicted octanol–water partition coefficient (Wildman–Crippen LogP) is 0.358. The van der Waals surface area contributed by atoms with Crippen molar-refractivity contribution < 1.29 is 9.90 Å². The topological polar surface area (TPSA) is 52.6 Å². The molecule has 0 saturated carbocycles. The molecule has 4 nitrogen and oxygen atoms in total. The number of nitrogens with one attached hydrogen (secondary N) is 1. The lowest BCUT2D eigenvalue weighted by Crippen LogP contribution is -2.47. The number of aliphatic hydroxyl groups is 1. The molecule has 1 aliphatic heterocycles. The van der Waals surface area contributed by atoms with Crippen LogP contribution in [-0.2, 0) is 4.79 Å². The van der Waals surface area contributed by atoms with E-state index in [0.717, 1.165) is 19.4 Å². The zero-order valence-corrected chi connectivity index (χ0v) is 9.92. The highest BCUT2D eigenvalue weighted by molar-refractivity contribution is 5.78. The van der Waals surface area contributed by atoms with Crippen molar-refractivity contribution in [3.05, 3.63) is 0 Å². The molecule has 0 spiro atoms. The van der Waals surface area contributed by atoms with Crippen molar-refractivity contribution in [3.63, 3.8) is 0 Å². The maximum absolute atomic E-state index is 11.6. The summed E-state index contributed by atoms with van der Waals surface area (Å²) in [5.74, 6) is 0.0518. The van der Waals surface area contributed by atoms with Gasteiger partial charge in [-0.2, -0.15) is 0 Å². The lowest BCUT2D eigenvalue weighted by atomic mass is 10.0. The molecule has 0 aliphatic carbocycles. The van der Waals surface area contributed by atoms with Crippen LogP contribution in [0, 0.1) is 0 Å².